The van der Waals surface area contributed by atoms with E-state index >= 15 is 0 Å². The fraction of sp³-hybridized carbons (Fsp3) is 0.211. The zero-order valence-electron chi connectivity index (χ0n) is 13.9. The Morgan fingerprint density at radius 2 is 1.96 bits per heavy atom. The molecule has 1 N–H and O–H groups in total. The topological polar surface area (TPSA) is 45.3 Å². The molecule has 0 saturated carbocycles. The molecule has 1 heterocycles. The maximum Gasteiger partial charge on any atom is 0.226 e. The summed E-state index contributed by atoms with van der Waals surface area (Å²) < 4.78 is 20.2. The molecule has 0 aliphatic rings. The predicted molar refractivity (Wildman–Crippen MR) is 92.6 cm³/mol. The predicted octanol–water partition coefficient (Wildman–Crippen LogP) is 3.61. The second-order valence-electron chi connectivity index (χ2n) is 5.83. The highest BCUT2D eigenvalue weighted by atomic mass is 19.1. The summed E-state index contributed by atoms with van der Waals surface area (Å²) >= 11 is 0. The van der Waals surface area contributed by atoms with Crippen molar-refractivity contribution in [2.45, 2.75) is 6.42 Å². The van der Waals surface area contributed by atoms with Crippen molar-refractivity contribution < 1.29 is 13.9 Å². The van der Waals surface area contributed by atoms with Gasteiger partial charge in [-0.25, -0.2) is 4.39 Å². The Bertz CT molecular complexity index is 885. The lowest BCUT2D eigenvalue weighted by Gasteiger charge is -2.13. The highest BCUT2D eigenvalue weighted by Crippen LogP contribution is 2.40. The van der Waals surface area contributed by atoms with Gasteiger partial charge in [-0.15, -0.1) is 0 Å². The first-order valence-corrected chi connectivity index (χ1v) is 7.65. The van der Waals surface area contributed by atoms with Crippen LogP contribution in [-0.2, 0) is 11.2 Å². The second-order valence-corrected chi connectivity index (χ2v) is 5.83. The number of nitrogens with one attached hydrogen (secondary N) is 1. The van der Waals surface area contributed by atoms with Gasteiger partial charge in [0.25, 0.3) is 0 Å². The number of hydrogen-bond donors (Lipinski definition) is 1. The summed E-state index contributed by atoms with van der Waals surface area (Å²) in [6.45, 7) is 0. The van der Waals surface area contributed by atoms with Crippen LogP contribution < -0.4 is 4.74 Å². The highest BCUT2D eigenvalue weighted by Gasteiger charge is 2.20. The van der Waals surface area contributed by atoms with Crippen LogP contribution in [0.25, 0.3) is 22.0 Å². The van der Waals surface area contributed by atoms with Gasteiger partial charge in [0.15, 0.2) is 0 Å². The maximum atomic E-state index is 14.6. The molecule has 3 aromatic rings. The number of amides is 1. The van der Waals surface area contributed by atoms with Crippen molar-refractivity contribution in [1.82, 2.24) is 9.88 Å². The number of fused-ring (bicyclic) bond motifs is 1. The van der Waals surface area contributed by atoms with E-state index in [4.69, 9.17) is 4.74 Å². The van der Waals surface area contributed by atoms with Gasteiger partial charge < -0.3 is 14.6 Å². The summed E-state index contributed by atoms with van der Waals surface area (Å²) in [5.41, 5.74) is 2.60. The lowest BCUT2D eigenvalue weighted by molar-refractivity contribution is -0.127. The van der Waals surface area contributed by atoms with Gasteiger partial charge >= 0.3 is 0 Å². The van der Waals surface area contributed by atoms with Crippen LogP contribution in [-0.4, -0.2) is 37.0 Å². The molecule has 1 amide bonds. The minimum Gasteiger partial charge on any atom is -0.495 e. The lowest BCUT2D eigenvalue weighted by atomic mass is 9.99. The number of carbonyl (C=O) groups excluding carboxylic acids is 1. The quantitative estimate of drug-likeness (QED) is 0.796. The van der Waals surface area contributed by atoms with E-state index in [9.17, 15) is 9.18 Å². The zero-order chi connectivity index (χ0) is 17.3. The van der Waals surface area contributed by atoms with E-state index in [1.54, 1.807) is 27.4 Å². The molecule has 0 saturated heterocycles. The maximum absolute atomic E-state index is 14.6. The summed E-state index contributed by atoms with van der Waals surface area (Å²) in [4.78, 5) is 16.5. The number of nitrogens with zero attached hydrogens (tertiary/aromatic N) is 1. The average Bonchev–Trinajstić information content (AvgIpc) is 3.00. The molecule has 0 aliphatic carbocycles. The molecule has 0 fully saturated rings. The first-order chi connectivity index (χ1) is 11.5. The van der Waals surface area contributed by atoms with Crippen molar-refractivity contribution in [2.24, 2.45) is 0 Å². The Labute approximate surface area is 139 Å². The van der Waals surface area contributed by atoms with E-state index < -0.39 is 0 Å². The van der Waals surface area contributed by atoms with Gasteiger partial charge in [-0.2, -0.15) is 0 Å². The number of likely N-dealkylation sites (N-methyl/N-ethyl adjacent to an activating group) is 1. The van der Waals surface area contributed by atoms with E-state index in [1.807, 2.05) is 30.3 Å². The van der Waals surface area contributed by atoms with E-state index in [0.717, 1.165) is 11.1 Å². The number of aromatic amines is 1. The van der Waals surface area contributed by atoms with Crippen LogP contribution in [0.15, 0.2) is 42.6 Å². The fourth-order valence-corrected chi connectivity index (χ4v) is 2.82. The summed E-state index contributed by atoms with van der Waals surface area (Å²) in [6.07, 6.45) is 1.85. The summed E-state index contributed by atoms with van der Waals surface area (Å²) in [7, 11) is 4.96. The number of rotatable bonds is 4. The SMILES string of the molecule is COc1c(-c2ccccc2)cc(F)c2[nH]cc(CC(=O)N(C)C)c12. The molecule has 4 nitrogen and oxygen atoms in total. The minimum absolute atomic E-state index is 0.0523. The normalized spacial score (nSPS) is 10.8. The first kappa shape index (κ1) is 16.1. The summed E-state index contributed by atoms with van der Waals surface area (Å²) in [5, 5.41) is 0.617. The summed E-state index contributed by atoms with van der Waals surface area (Å²) in [6, 6.07) is 11.0. The van der Waals surface area contributed by atoms with Gasteiger partial charge in [0.1, 0.15) is 11.6 Å². The number of hydrogen-bond acceptors (Lipinski definition) is 2. The van der Waals surface area contributed by atoms with Gasteiger partial charge in [0.05, 0.1) is 19.0 Å². The fourth-order valence-electron chi connectivity index (χ4n) is 2.82. The van der Waals surface area contributed by atoms with Crippen LogP contribution in [0.4, 0.5) is 4.39 Å². The molecule has 0 bridgehead atoms. The largest absolute Gasteiger partial charge is 0.495 e. The molecular weight excluding hydrogens is 307 g/mol. The molecule has 5 heteroatoms. The number of aromatic nitrogens is 1. The molecule has 0 unspecified atom stereocenters. The van der Waals surface area contributed by atoms with E-state index in [2.05, 4.69) is 4.98 Å². The molecule has 0 radical (unpaired) electrons. The zero-order valence-corrected chi connectivity index (χ0v) is 13.9. The number of ether oxygens (including phenoxy) is 1. The molecule has 2 aromatic carbocycles. The van der Waals surface area contributed by atoms with Crippen molar-refractivity contribution in [3.05, 3.63) is 54.0 Å². The third-order valence-electron chi connectivity index (χ3n) is 4.07. The van der Waals surface area contributed by atoms with E-state index in [-0.39, 0.29) is 18.1 Å². The molecule has 24 heavy (non-hydrogen) atoms. The molecular formula is C19H19FN2O2. The van der Waals surface area contributed by atoms with Crippen LogP contribution >= 0.6 is 0 Å². The van der Waals surface area contributed by atoms with Gasteiger partial charge in [-0.1, -0.05) is 30.3 Å². The second kappa shape index (κ2) is 6.35. The Balaban J connectivity index is 2.23. The van der Waals surface area contributed by atoms with Crippen LogP contribution in [0.2, 0.25) is 0 Å². The molecule has 0 spiro atoms. The van der Waals surface area contributed by atoms with Crippen LogP contribution in [0, 0.1) is 5.82 Å². The highest BCUT2D eigenvalue weighted by molar-refractivity contribution is 5.98. The number of H-pyrrole nitrogens is 1. The molecule has 124 valence electrons. The van der Waals surface area contributed by atoms with Crippen molar-refractivity contribution in [3.8, 4) is 16.9 Å². The van der Waals surface area contributed by atoms with Crippen molar-refractivity contribution in [2.75, 3.05) is 21.2 Å². The molecule has 0 aliphatic heterocycles. The summed E-state index contributed by atoms with van der Waals surface area (Å²) in [5.74, 6) is 0.150. The van der Waals surface area contributed by atoms with Gasteiger partial charge in [-0.05, 0) is 17.2 Å². The van der Waals surface area contributed by atoms with Crippen LogP contribution in [0.1, 0.15) is 5.56 Å². The Kier molecular flexibility index (Phi) is 4.25. The Morgan fingerprint density at radius 3 is 2.58 bits per heavy atom. The van der Waals surface area contributed by atoms with Crippen molar-refractivity contribution in [1.29, 1.82) is 0 Å². The Morgan fingerprint density at radius 1 is 1.25 bits per heavy atom. The smallest absolute Gasteiger partial charge is 0.226 e. The van der Waals surface area contributed by atoms with Crippen molar-refractivity contribution >= 4 is 16.8 Å². The standard InChI is InChI=1S/C19H19FN2O2/c1-22(2)16(23)9-13-11-21-18-15(20)10-14(19(24-3)17(13)18)12-7-5-4-6-8-12/h4-8,10-11,21H,9H2,1-3H3. The van der Waals surface area contributed by atoms with E-state index in [1.165, 1.54) is 11.0 Å². The molecule has 1 aromatic heterocycles. The monoisotopic (exact) mass is 326 g/mol. The van der Waals surface area contributed by atoms with Crippen LogP contribution in [0.3, 0.4) is 0 Å². The lowest BCUT2D eigenvalue weighted by Crippen LogP contribution is -2.23. The number of halogens is 1. The third-order valence-corrected chi connectivity index (χ3v) is 4.07. The van der Waals surface area contributed by atoms with Gasteiger partial charge in [0.2, 0.25) is 5.91 Å². The average molecular weight is 326 g/mol. The molecule has 3 rings (SSSR count). The van der Waals surface area contributed by atoms with Gasteiger partial charge in [0, 0.05) is 31.2 Å². The minimum atomic E-state index is -0.367. The van der Waals surface area contributed by atoms with Gasteiger partial charge in [-0.3, -0.25) is 4.79 Å². The Hall–Kier alpha value is -2.82. The number of benzene rings is 2. The first-order valence-electron chi connectivity index (χ1n) is 7.65. The number of methoxy groups -OCH3 is 1. The van der Waals surface area contributed by atoms with E-state index in [0.29, 0.717) is 22.2 Å². The molecule has 0 atom stereocenters. The third kappa shape index (κ3) is 2.73. The van der Waals surface area contributed by atoms with Crippen molar-refractivity contribution in [3.63, 3.8) is 0 Å². The number of carbonyl (C=O) groups is 1. The van der Waals surface area contributed by atoms with Crippen LogP contribution in [0.5, 0.6) is 5.75 Å².